The first-order valence-corrected chi connectivity index (χ1v) is 19.2. The second-order valence-corrected chi connectivity index (χ2v) is 14.9. The molecule has 260 valence electrons. The van der Waals surface area contributed by atoms with E-state index in [2.05, 4.69) is 180 Å². The van der Waals surface area contributed by atoms with Gasteiger partial charge in [0, 0.05) is 27.5 Å². The summed E-state index contributed by atoms with van der Waals surface area (Å²) in [6.45, 7) is 0. The van der Waals surface area contributed by atoms with Crippen LogP contribution < -0.4 is 0 Å². The maximum atomic E-state index is 5.16. The Bertz CT molecular complexity index is 3140. The van der Waals surface area contributed by atoms with E-state index in [0.717, 1.165) is 33.6 Å². The van der Waals surface area contributed by atoms with Crippen molar-refractivity contribution in [3.05, 3.63) is 222 Å². The monoisotopic (exact) mass is 711 g/mol. The van der Waals surface area contributed by atoms with E-state index in [-0.39, 0.29) is 0 Å². The molecule has 1 unspecified atom stereocenters. The molecule has 3 nitrogen and oxygen atoms in total. The Labute approximate surface area is 324 Å². The minimum atomic E-state index is -0.498. The molecule has 2 aliphatic rings. The number of benzene rings is 8. The highest BCUT2D eigenvalue weighted by Gasteiger charge is 2.50. The second kappa shape index (κ2) is 11.8. The number of fused-ring (bicyclic) bond motifs is 12. The van der Waals surface area contributed by atoms with Gasteiger partial charge in [0.25, 0.3) is 0 Å². The average Bonchev–Trinajstić information content (AvgIpc) is 3.77. The minimum absolute atomic E-state index is 0.498. The van der Waals surface area contributed by atoms with Gasteiger partial charge >= 0.3 is 0 Å². The maximum Gasteiger partial charge on any atom is 0.160 e. The predicted octanol–water partition coefficient (Wildman–Crippen LogP) is 12.9. The fourth-order valence-corrected chi connectivity index (χ4v) is 9.67. The van der Waals surface area contributed by atoms with Crippen molar-refractivity contribution in [2.75, 3.05) is 0 Å². The molecule has 3 heterocycles. The van der Waals surface area contributed by atoms with Crippen molar-refractivity contribution in [3.63, 3.8) is 0 Å². The van der Waals surface area contributed by atoms with Gasteiger partial charge in [-0.25, -0.2) is 9.97 Å². The lowest BCUT2D eigenvalue weighted by atomic mass is 9.65. The molecule has 2 aromatic heterocycles. The smallest absolute Gasteiger partial charge is 0.160 e. The highest BCUT2D eigenvalue weighted by atomic mass is 15.0. The number of para-hydroxylation sites is 3. The molecule has 3 heteroatoms. The lowest BCUT2D eigenvalue weighted by Gasteiger charge is -2.39. The van der Waals surface area contributed by atoms with E-state index in [4.69, 9.17) is 9.97 Å². The van der Waals surface area contributed by atoms with Crippen molar-refractivity contribution in [3.8, 4) is 61.8 Å². The molecule has 1 aliphatic heterocycles. The van der Waals surface area contributed by atoms with E-state index < -0.39 is 5.41 Å². The molecule has 12 rings (SSSR count). The number of rotatable bonds is 4. The first-order valence-electron chi connectivity index (χ1n) is 19.2. The number of hydrogen-bond donors (Lipinski definition) is 0. The maximum absolute atomic E-state index is 5.16. The Morgan fingerprint density at radius 1 is 0.357 bits per heavy atom. The Kier molecular flexibility index (Phi) is 6.55. The third kappa shape index (κ3) is 4.28. The van der Waals surface area contributed by atoms with E-state index >= 15 is 0 Å². The van der Waals surface area contributed by atoms with Gasteiger partial charge in [-0.1, -0.05) is 170 Å². The summed E-state index contributed by atoms with van der Waals surface area (Å²) in [5, 5.41) is 2.57. The standard InChI is InChI=1S/C53H33N3/c1-3-15-34(16-4-1)47-33-48(55-52(54-47)35-17-5-2-6-18-35)38-20-13-19-36(31-38)37-29-30-40-39-21-7-9-24-43(39)53(46(40)32-37)44-25-10-12-28-50(44)56-49-27-11-8-22-41(49)42-23-14-26-45(53)51(42)56/h1-33H. The second-order valence-electron chi connectivity index (χ2n) is 14.9. The van der Waals surface area contributed by atoms with Gasteiger partial charge in [-0.3, -0.25) is 0 Å². The largest absolute Gasteiger partial charge is 0.309 e. The topological polar surface area (TPSA) is 30.7 Å². The van der Waals surface area contributed by atoms with Crippen molar-refractivity contribution in [2.45, 2.75) is 5.41 Å². The van der Waals surface area contributed by atoms with E-state index in [0.29, 0.717) is 5.82 Å². The molecule has 0 saturated heterocycles. The van der Waals surface area contributed by atoms with Crippen molar-refractivity contribution in [1.82, 2.24) is 14.5 Å². The fraction of sp³-hybridized carbons (Fsp3) is 0.0189. The molecule has 0 bridgehead atoms. The number of nitrogens with zero attached hydrogens (tertiary/aromatic N) is 3. The van der Waals surface area contributed by atoms with Crippen LogP contribution in [0, 0.1) is 0 Å². The molecule has 1 atom stereocenters. The summed E-state index contributed by atoms with van der Waals surface area (Å²) in [6.07, 6.45) is 0. The quantitative estimate of drug-likeness (QED) is 0.182. The fourth-order valence-electron chi connectivity index (χ4n) is 9.67. The SMILES string of the molecule is c1ccc(-c2cc(-c3cccc(-c4ccc5c(c4)C4(c6ccccc6-5)c5ccccc5-n5c6ccccc6c6cccc4c65)c3)nc(-c3ccccc3)n2)cc1. The lowest BCUT2D eigenvalue weighted by Crippen LogP contribution is -2.33. The van der Waals surface area contributed by atoms with Crippen LogP contribution in [-0.2, 0) is 5.41 Å². The van der Waals surface area contributed by atoms with Crippen molar-refractivity contribution < 1.29 is 0 Å². The van der Waals surface area contributed by atoms with Crippen LogP contribution in [-0.4, -0.2) is 14.5 Å². The van der Waals surface area contributed by atoms with Crippen molar-refractivity contribution >= 4 is 21.8 Å². The zero-order valence-corrected chi connectivity index (χ0v) is 30.4. The zero-order chi connectivity index (χ0) is 36.8. The van der Waals surface area contributed by atoms with E-state index in [9.17, 15) is 0 Å². The van der Waals surface area contributed by atoms with Crippen LogP contribution in [0.4, 0.5) is 0 Å². The molecule has 8 aromatic carbocycles. The van der Waals surface area contributed by atoms with Crippen LogP contribution >= 0.6 is 0 Å². The summed E-state index contributed by atoms with van der Waals surface area (Å²) in [5.74, 6) is 0.715. The van der Waals surface area contributed by atoms with Gasteiger partial charge in [0.05, 0.1) is 33.5 Å². The van der Waals surface area contributed by atoms with Crippen LogP contribution in [0.25, 0.3) is 83.6 Å². The highest BCUT2D eigenvalue weighted by molar-refractivity contribution is 6.12. The third-order valence-electron chi connectivity index (χ3n) is 12.0. The summed E-state index contributed by atoms with van der Waals surface area (Å²) in [4.78, 5) is 10.2. The van der Waals surface area contributed by atoms with Gasteiger partial charge in [-0.2, -0.15) is 0 Å². The van der Waals surface area contributed by atoms with Crippen LogP contribution in [0.2, 0.25) is 0 Å². The molecular formula is C53H33N3. The minimum Gasteiger partial charge on any atom is -0.309 e. The molecule has 10 aromatic rings. The molecular weight excluding hydrogens is 679 g/mol. The van der Waals surface area contributed by atoms with Gasteiger partial charge in [0.15, 0.2) is 5.82 Å². The van der Waals surface area contributed by atoms with Gasteiger partial charge in [-0.15, -0.1) is 0 Å². The van der Waals surface area contributed by atoms with Crippen LogP contribution in [0.3, 0.4) is 0 Å². The van der Waals surface area contributed by atoms with E-state index in [1.54, 1.807) is 0 Å². The zero-order valence-electron chi connectivity index (χ0n) is 30.4. The third-order valence-corrected chi connectivity index (χ3v) is 12.0. The van der Waals surface area contributed by atoms with Crippen molar-refractivity contribution in [2.24, 2.45) is 0 Å². The average molecular weight is 712 g/mol. The molecule has 0 amide bonds. The lowest BCUT2D eigenvalue weighted by molar-refractivity contribution is 0.749. The molecule has 1 aliphatic carbocycles. The van der Waals surface area contributed by atoms with Crippen molar-refractivity contribution in [1.29, 1.82) is 0 Å². The molecule has 0 saturated carbocycles. The Hall–Kier alpha value is -7.36. The summed E-state index contributed by atoms with van der Waals surface area (Å²) >= 11 is 0. The molecule has 1 spiro atoms. The van der Waals surface area contributed by atoms with E-state index in [1.807, 2.05) is 24.3 Å². The van der Waals surface area contributed by atoms with Gasteiger partial charge < -0.3 is 4.57 Å². The Morgan fingerprint density at radius 3 is 1.80 bits per heavy atom. The van der Waals surface area contributed by atoms with Crippen LogP contribution in [0.15, 0.2) is 200 Å². The van der Waals surface area contributed by atoms with E-state index in [1.165, 1.54) is 66.4 Å². The summed E-state index contributed by atoms with van der Waals surface area (Å²) in [6, 6.07) is 72.6. The Balaban J connectivity index is 1.08. The Morgan fingerprint density at radius 2 is 0.946 bits per heavy atom. The van der Waals surface area contributed by atoms with Crippen LogP contribution in [0.1, 0.15) is 22.3 Å². The highest BCUT2D eigenvalue weighted by Crippen LogP contribution is 2.61. The number of hydrogen-bond acceptors (Lipinski definition) is 2. The molecule has 0 fully saturated rings. The normalized spacial score (nSPS) is 14.9. The summed E-state index contributed by atoms with van der Waals surface area (Å²) < 4.78 is 2.50. The summed E-state index contributed by atoms with van der Waals surface area (Å²) in [5.41, 5.74) is 18.4. The van der Waals surface area contributed by atoms with Gasteiger partial charge in [0.1, 0.15) is 0 Å². The van der Waals surface area contributed by atoms with Gasteiger partial charge in [-0.05, 0) is 74.8 Å². The van der Waals surface area contributed by atoms with Crippen LogP contribution in [0.5, 0.6) is 0 Å². The first kappa shape index (κ1) is 31.0. The first-order chi connectivity index (χ1) is 27.8. The van der Waals surface area contributed by atoms with Gasteiger partial charge in [0.2, 0.25) is 0 Å². The summed E-state index contributed by atoms with van der Waals surface area (Å²) in [7, 11) is 0. The molecule has 0 radical (unpaired) electrons. The molecule has 56 heavy (non-hydrogen) atoms. The molecule has 0 N–H and O–H groups in total. The number of aromatic nitrogens is 3. The predicted molar refractivity (Wildman–Crippen MR) is 229 cm³/mol.